The Morgan fingerprint density at radius 1 is 0.769 bits per heavy atom. The Labute approximate surface area is 228 Å². The third kappa shape index (κ3) is 13.4. The zero-order chi connectivity index (χ0) is 30.4. The maximum atomic E-state index is 12.9. The zero-order valence-corrected chi connectivity index (χ0v) is 23.2. The van der Waals surface area contributed by atoms with Crippen LogP contribution in [0.1, 0.15) is 66.7 Å². The first-order chi connectivity index (χ1) is 18.0. The molecule has 0 spiro atoms. The van der Waals surface area contributed by atoms with Gasteiger partial charge in [0.15, 0.2) is 17.3 Å². The Hall–Kier alpha value is -3.23. The van der Waals surface area contributed by atoms with Crippen molar-refractivity contribution in [3.05, 3.63) is 0 Å². The van der Waals surface area contributed by atoms with Crippen LogP contribution in [-0.4, -0.2) is 88.1 Å². The molecule has 0 aromatic rings. The number of rotatable bonds is 19. The number of carbonyl (C=O) groups is 7. The Morgan fingerprint density at radius 2 is 1.28 bits per heavy atom. The Balaban J connectivity index is 5.41. The highest BCUT2D eigenvalue weighted by atomic mass is 16.3. The molecule has 0 saturated carbocycles. The number of aliphatic hydroxyl groups is 2. The van der Waals surface area contributed by atoms with Gasteiger partial charge in [-0.05, 0) is 34.1 Å². The molecule has 14 heteroatoms. The molecule has 0 bridgehead atoms. The van der Waals surface area contributed by atoms with Crippen molar-refractivity contribution in [2.75, 3.05) is 6.54 Å². The largest absolute Gasteiger partial charge is 0.393 e. The number of amides is 4. The molecule has 0 fully saturated rings. The van der Waals surface area contributed by atoms with Crippen LogP contribution >= 0.6 is 0 Å². The molecule has 0 aliphatic carbocycles. The molecule has 0 aromatic carbocycles. The van der Waals surface area contributed by atoms with Gasteiger partial charge in [-0.2, -0.15) is 0 Å². The van der Waals surface area contributed by atoms with E-state index < -0.39 is 90.2 Å². The molecule has 4 amide bonds. The molecule has 7 atom stereocenters. The van der Waals surface area contributed by atoms with Crippen molar-refractivity contribution in [3.8, 4) is 0 Å². The minimum absolute atomic E-state index is 0.137. The lowest BCUT2D eigenvalue weighted by Crippen LogP contribution is -2.50. The highest BCUT2D eigenvalue weighted by Gasteiger charge is 2.34. The van der Waals surface area contributed by atoms with E-state index in [-0.39, 0.29) is 31.6 Å². The van der Waals surface area contributed by atoms with Gasteiger partial charge in [0.2, 0.25) is 23.6 Å². The van der Waals surface area contributed by atoms with Crippen molar-refractivity contribution in [1.82, 2.24) is 16.0 Å². The van der Waals surface area contributed by atoms with Crippen LogP contribution in [0.4, 0.5) is 0 Å². The van der Waals surface area contributed by atoms with E-state index in [0.717, 1.165) is 0 Å². The third-order valence-corrected chi connectivity index (χ3v) is 6.17. The summed E-state index contributed by atoms with van der Waals surface area (Å²) in [6.07, 6.45) is -3.68. The van der Waals surface area contributed by atoms with Crippen LogP contribution in [0.25, 0.3) is 0 Å². The van der Waals surface area contributed by atoms with E-state index in [1.165, 1.54) is 27.7 Å². The van der Waals surface area contributed by atoms with Gasteiger partial charge in [0.1, 0.15) is 0 Å². The lowest BCUT2D eigenvalue weighted by molar-refractivity contribution is -0.137. The van der Waals surface area contributed by atoms with Gasteiger partial charge in [0.25, 0.3) is 0 Å². The van der Waals surface area contributed by atoms with Crippen LogP contribution in [0, 0.1) is 11.8 Å². The van der Waals surface area contributed by atoms with Gasteiger partial charge in [0, 0.05) is 25.7 Å². The normalized spacial score (nSPS) is 16.4. The predicted molar refractivity (Wildman–Crippen MR) is 140 cm³/mol. The maximum Gasteiger partial charge on any atom is 0.237 e. The van der Waals surface area contributed by atoms with Gasteiger partial charge >= 0.3 is 0 Å². The van der Waals surface area contributed by atoms with Gasteiger partial charge in [-0.3, -0.25) is 33.6 Å². The SMILES string of the molecule is CCC(=O)CNC(=O)[C@@H](CC(=O)[C@H](C)NC(=O)[C@@H](CC(=O)[C@H](CCC(N)=O)NC(=O)[C@H](C)N)C(C)O)C(C)O. The third-order valence-electron chi connectivity index (χ3n) is 6.17. The number of ketones is 3. The first-order valence-corrected chi connectivity index (χ1v) is 12.9. The first-order valence-electron chi connectivity index (χ1n) is 12.9. The van der Waals surface area contributed by atoms with Crippen molar-refractivity contribution in [2.24, 2.45) is 23.3 Å². The fourth-order valence-electron chi connectivity index (χ4n) is 3.46. The summed E-state index contributed by atoms with van der Waals surface area (Å²) in [6.45, 7) is 6.71. The average Bonchev–Trinajstić information content (AvgIpc) is 2.84. The van der Waals surface area contributed by atoms with Crippen LogP contribution in [0.5, 0.6) is 0 Å². The Kier molecular flexibility index (Phi) is 15.9. The first kappa shape index (κ1) is 35.8. The van der Waals surface area contributed by atoms with Crippen LogP contribution < -0.4 is 27.4 Å². The number of hydrogen-bond acceptors (Lipinski definition) is 10. The van der Waals surface area contributed by atoms with Gasteiger partial charge < -0.3 is 37.6 Å². The number of Topliss-reactive ketones (excluding diaryl/α,β-unsaturated/α-hetero) is 3. The van der Waals surface area contributed by atoms with Gasteiger partial charge in [-0.15, -0.1) is 0 Å². The van der Waals surface area contributed by atoms with Crippen LogP contribution in [0.15, 0.2) is 0 Å². The minimum Gasteiger partial charge on any atom is -0.393 e. The van der Waals surface area contributed by atoms with E-state index in [1.54, 1.807) is 6.92 Å². The second-order valence-corrected chi connectivity index (χ2v) is 9.73. The smallest absolute Gasteiger partial charge is 0.237 e. The second-order valence-electron chi connectivity index (χ2n) is 9.73. The summed E-state index contributed by atoms with van der Waals surface area (Å²) in [5.41, 5.74) is 10.7. The second kappa shape index (κ2) is 17.4. The van der Waals surface area contributed by atoms with Crippen molar-refractivity contribution < 1.29 is 43.8 Å². The highest BCUT2D eigenvalue weighted by Crippen LogP contribution is 2.16. The van der Waals surface area contributed by atoms with Crippen LogP contribution in [0.2, 0.25) is 0 Å². The summed E-state index contributed by atoms with van der Waals surface area (Å²) >= 11 is 0. The lowest BCUT2D eigenvalue weighted by Gasteiger charge is -2.25. The lowest BCUT2D eigenvalue weighted by atomic mass is 9.90. The van der Waals surface area contributed by atoms with E-state index in [9.17, 15) is 43.8 Å². The van der Waals surface area contributed by atoms with Gasteiger partial charge in [0.05, 0.1) is 48.7 Å². The van der Waals surface area contributed by atoms with Crippen molar-refractivity contribution >= 4 is 41.0 Å². The molecular weight excluding hydrogens is 514 g/mol. The van der Waals surface area contributed by atoms with E-state index in [1.807, 2.05) is 0 Å². The number of carbonyl (C=O) groups excluding carboxylic acids is 7. The molecule has 0 saturated heterocycles. The summed E-state index contributed by atoms with van der Waals surface area (Å²) in [5, 5.41) is 27.3. The standard InChI is InChI=1S/C25H43N5O9/c1-6-16(33)11-28-24(38)17(14(4)31)9-20(34)13(3)29-25(39)18(15(5)32)10-21(35)19(7-8-22(27)36)30-23(37)12(2)26/h12-15,17-19,31-32H,6-11,26H2,1-5H3,(H2,27,36)(H,28,38)(H,29,39)(H,30,37)/t12-,13-,14?,15?,17-,18-,19-/m0/s1. The Bertz CT molecular complexity index is 904. The summed E-state index contributed by atoms with van der Waals surface area (Å²) in [6, 6.07) is -3.28. The predicted octanol–water partition coefficient (Wildman–Crippen LogP) is -2.40. The molecule has 9 N–H and O–H groups in total. The molecule has 222 valence electrons. The Morgan fingerprint density at radius 3 is 1.74 bits per heavy atom. The average molecular weight is 558 g/mol. The number of aliphatic hydroxyl groups excluding tert-OH is 2. The van der Waals surface area contributed by atoms with Crippen molar-refractivity contribution in [2.45, 2.75) is 97.1 Å². The highest BCUT2D eigenvalue weighted by molar-refractivity contribution is 5.96. The zero-order valence-electron chi connectivity index (χ0n) is 23.2. The topological polar surface area (TPSA) is 248 Å². The molecular formula is C25H43N5O9. The summed E-state index contributed by atoms with van der Waals surface area (Å²) in [5.74, 6) is -6.87. The molecule has 14 nitrogen and oxygen atoms in total. The molecule has 0 aliphatic rings. The summed E-state index contributed by atoms with van der Waals surface area (Å²) in [7, 11) is 0. The van der Waals surface area contributed by atoms with Crippen LogP contribution in [-0.2, 0) is 33.6 Å². The fraction of sp³-hybridized carbons (Fsp3) is 0.720. The van der Waals surface area contributed by atoms with E-state index >= 15 is 0 Å². The van der Waals surface area contributed by atoms with Crippen molar-refractivity contribution in [1.29, 1.82) is 0 Å². The summed E-state index contributed by atoms with van der Waals surface area (Å²) < 4.78 is 0. The monoisotopic (exact) mass is 557 g/mol. The number of primary amides is 1. The molecule has 0 rings (SSSR count). The molecule has 0 aliphatic heterocycles. The van der Waals surface area contributed by atoms with Crippen molar-refractivity contribution in [3.63, 3.8) is 0 Å². The molecule has 0 aromatic heterocycles. The number of nitrogens with two attached hydrogens (primary N) is 2. The minimum atomic E-state index is -1.33. The maximum absolute atomic E-state index is 12.9. The number of nitrogens with one attached hydrogen (secondary N) is 3. The summed E-state index contributed by atoms with van der Waals surface area (Å²) in [4.78, 5) is 85.6. The van der Waals surface area contributed by atoms with E-state index in [0.29, 0.717) is 0 Å². The molecule has 39 heavy (non-hydrogen) atoms. The van der Waals surface area contributed by atoms with Gasteiger partial charge in [-0.25, -0.2) is 0 Å². The van der Waals surface area contributed by atoms with Gasteiger partial charge in [-0.1, -0.05) is 6.92 Å². The number of hydrogen-bond donors (Lipinski definition) is 7. The molecule has 0 radical (unpaired) electrons. The quantitative estimate of drug-likeness (QED) is 0.0886. The van der Waals surface area contributed by atoms with E-state index in [4.69, 9.17) is 11.5 Å². The fourth-order valence-corrected chi connectivity index (χ4v) is 3.46. The molecule has 2 unspecified atom stereocenters. The van der Waals surface area contributed by atoms with Crippen LogP contribution in [0.3, 0.4) is 0 Å². The van der Waals surface area contributed by atoms with E-state index in [2.05, 4.69) is 16.0 Å². The molecule has 0 heterocycles.